The topological polar surface area (TPSA) is 306 Å². The number of anilines is 1. The van der Waals surface area contributed by atoms with Crippen LogP contribution in [0.25, 0.3) is 0 Å². The number of amides is 5. The summed E-state index contributed by atoms with van der Waals surface area (Å²) in [7, 11) is 2.98. The molecule has 100 heavy (non-hydrogen) atoms. The van der Waals surface area contributed by atoms with Crippen LogP contribution in [0.3, 0.4) is 0 Å². The lowest BCUT2D eigenvalue weighted by Crippen LogP contribution is -2.50. The molecule has 0 saturated carbocycles. The van der Waals surface area contributed by atoms with Crippen LogP contribution < -0.4 is 34.5 Å². The van der Waals surface area contributed by atoms with Gasteiger partial charge in [-0.2, -0.15) is 0 Å². The fourth-order valence-electron chi connectivity index (χ4n) is 11.3. The summed E-state index contributed by atoms with van der Waals surface area (Å²) in [6.07, 6.45) is 6.00. The van der Waals surface area contributed by atoms with Crippen LogP contribution >= 0.6 is 15.9 Å². The molecule has 0 unspecified atom stereocenters. The number of nitrogens with zero attached hydrogens (tertiary/aromatic N) is 4. The van der Waals surface area contributed by atoms with E-state index >= 15 is 0 Å². The van der Waals surface area contributed by atoms with E-state index < -0.39 is 42.1 Å². The Morgan fingerprint density at radius 1 is 0.620 bits per heavy atom. The Morgan fingerprint density at radius 2 is 1.13 bits per heavy atom. The van der Waals surface area contributed by atoms with Gasteiger partial charge in [0.1, 0.15) is 12.4 Å². The second-order valence-corrected chi connectivity index (χ2v) is 25.3. The SMILES string of the molecule is COc1cc2c(cc1OCCCCCOc1cc3c(cc1OC)C(=O)N1C=C(C)C[C@H]1[C@H](O)N3C(=O)OCc1ccc(CC(=O)[C@H](C)NC(=O)[C@@H](CC(=O)CCOCCOCCOCCOCCOCCOCCOCCOCCNC(=O)CBr)C(C)C)cc1)N=C[C@@H]1CC(C)=CN1C2=O. The first-order chi connectivity index (χ1) is 48.4. The number of aliphatic hydroxyl groups is 1. The van der Waals surface area contributed by atoms with E-state index in [0.29, 0.717) is 165 Å². The number of aliphatic imine (C=N–C) groups is 1. The van der Waals surface area contributed by atoms with Gasteiger partial charge in [-0.1, -0.05) is 65.2 Å². The number of fused-ring (bicyclic) bond motifs is 4. The van der Waals surface area contributed by atoms with Gasteiger partial charge < -0.3 is 87.1 Å². The summed E-state index contributed by atoms with van der Waals surface area (Å²) in [5, 5.41) is 17.7. The molecule has 0 aromatic heterocycles. The van der Waals surface area contributed by atoms with E-state index in [1.807, 2.05) is 33.9 Å². The Labute approximate surface area is 593 Å². The van der Waals surface area contributed by atoms with Gasteiger partial charge in [0.2, 0.25) is 11.8 Å². The Bertz CT molecular complexity index is 3260. The zero-order valence-corrected chi connectivity index (χ0v) is 60.2. The molecule has 0 spiro atoms. The Balaban J connectivity index is 0.757. The van der Waals surface area contributed by atoms with Crippen LogP contribution in [-0.4, -0.2) is 232 Å². The highest BCUT2D eigenvalue weighted by molar-refractivity contribution is 9.09. The molecule has 550 valence electrons. The van der Waals surface area contributed by atoms with Gasteiger partial charge in [0, 0.05) is 62.5 Å². The van der Waals surface area contributed by atoms with Gasteiger partial charge in [0.25, 0.3) is 11.8 Å². The van der Waals surface area contributed by atoms with E-state index in [1.54, 1.807) is 60.6 Å². The first-order valence-electron chi connectivity index (χ1n) is 34.2. The minimum absolute atomic E-state index is 0.00458. The number of Topliss-reactive ketones (excluding diaryl/α,β-unsaturated/α-hetero) is 2. The lowest BCUT2D eigenvalue weighted by Gasteiger charge is -2.31. The van der Waals surface area contributed by atoms with Crippen molar-refractivity contribution in [1.29, 1.82) is 0 Å². The molecule has 5 amide bonds. The average molecular weight is 1460 g/mol. The predicted molar refractivity (Wildman–Crippen MR) is 373 cm³/mol. The van der Waals surface area contributed by atoms with E-state index in [2.05, 4.69) is 31.6 Å². The van der Waals surface area contributed by atoms with Crippen LogP contribution in [0.1, 0.15) is 111 Å². The Hall–Kier alpha value is -7.38. The number of carbonyl (C=O) groups excluding carboxylic acids is 7. The van der Waals surface area contributed by atoms with E-state index in [9.17, 15) is 38.7 Å². The van der Waals surface area contributed by atoms with Crippen LogP contribution in [0.15, 0.2) is 77.1 Å². The van der Waals surface area contributed by atoms with Gasteiger partial charge in [-0.15, -0.1) is 0 Å². The molecule has 0 fully saturated rings. The number of carbonyl (C=O) groups is 7. The molecule has 4 heterocycles. The number of benzene rings is 3. The fourth-order valence-corrected chi connectivity index (χ4v) is 11.5. The maximum atomic E-state index is 14.3. The molecule has 7 rings (SSSR count). The summed E-state index contributed by atoms with van der Waals surface area (Å²) >= 11 is 3.08. The van der Waals surface area contributed by atoms with Crippen molar-refractivity contribution in [1.82, 2.24) is 20.4 Å². The van der Waals surface area contributed by atoms with Crippen molar-refractivity contribution in [2.24, 2.45) is 16.8 Å². The normalized spacial score (nSPS) is 16.7. The number of ketones is 2. The van der Waals surface area contributed by atoms with Crippen LogP contribution in [0.2, 0.25) is 0 Å². The Kier molecular flexibility index (Phi) is 34.2. The average Bonchev–Trinajstić information content (AvgIpc) is 1.59. The van der Waals surface area contributed by atoms with Crippen LogP contribution in [0, 0.1) is 11.8 Å². The van der Waals surface area contributed by atoms with Gasteiger partial charge in [0.15, 0.2) is 35.0 Å². The zero-order chi connectivity index (χ0) is 71.8. The minimum atomic E-state index is -1.51. The molecule has 4 aliphatic heterocycles. The first-order valence-corrected chi connectivity index (χ1v) is 35.3. The number of alkyl halides is 1. The molecule has 0 saturated heterocycles. The molecule has 3 aromatic carbocycles. The van der Waals surface area contributed by atoms with Crippen molar-refractivity contribution in [3.63, 3.8) is 0 Å². The van der Waals surface area contributed by atoms with E-state index in [4.69, 9.17) is 61.6 Å². The highest BCUT2D eigenvalue weighted by Crippen LogP contribution is 2.43. The lowest BCUT2D eigenvalue weighted by molar-refractivity contribution is -0.133. The number of halogens is 1. The molecule has 4 aliphatic rings. The number of aliphatic hydroxyl groups excluding tert-OH is 1. The van der Waals surface area contributed by atoms with Gasteiger partial charge in [0.05, 0.1) is 179 Å². The standard InChI is InChI=1S/C72H99BrN6O21/c1-48(2)56(38-55(80)15-19-90-21-23-92-25-27-94-29-31-96-33-34-97-32-30-95-28-26-93-24-22-91-20-16-74-67(82)43-73)68(83)76-51(5)62(81)37-52-11-13-53(14-12-52)47-100-72(87)79-60-42-66(64(89-7)40-58(60)70(85)78-46-50(4)36-61(78)71(79)86)99-18-10-8-9-17-98-65-41-59-57(39-63(65)88-6)69(84)77-45-49(3)35-54(77)44-75-59/h11-14,39-42,44-46,48,51,54,56,61,71,86H,8-10,15-38,43,47H2,1-7H3,(H,74,82)(H,76,83)/t51-,54-,56-,61-,71-/m0/s1. The predicted octanol–water partition coefficient (Wildman–Crippen LogP) is 7.64. The van der Waals surface area contributed by atoms with E-state index in [1.165, 1.54) is 31.3 Å². The highest BCUT2D eigenvalue weighted by Gasteiger charge is 2.45. The van der Waals surface area contributed by atoms with Crippen LogP contribution in [0.5, 0.6) is 23.0 Å². The monoisotopic (exact) mass is 1460 g/mol. The molecule has 0 bridgehead atoms. The summed E-state index contributed by atoms with van der Waals surface area (Å²) in [6, 6.07) is 11.5. The summed E-state index contributed by atoms with van der Waals surface area (Å²) in [5.74, 6) is -0.882. The zero-order valence-electron chi connectivity index (χ0n) is 58.6. The van der Waals surface area contributed by atoms with Crippen molar-refractivity contribution in [3.05, 3.63) is 94.3 Å². The summed E-state index contributed by atoms with van der Waals surface area (Å²) in [5.41, 5.74) is 4.30. The second-order valence-electron chi connectivity index (χ2n) is 24.7. The number of ether oxygens (including phenoxy) is 13. The number of rotatable bonds is 48. The van der Waals surface area contributed by atoms with Crippen molar-refractivity contribution in [2.45, 2.75) is 117 Å². The third-order valence-corrected chi connectivity index (χ3v) is 17.3. The van der Waals surface area contributed by atoms with Crippen molar-refractivity contribution in [3.8, 4) is 23.0 Å². The summed E-state index contributed by atoms with van der Waals surface area (Å²) < 4.78 is 73.6. The summed E-state index contributed by atoms with van der Waals surface area (Å²) in [6.45, 7) is 16.3. The van der Waals surface area contributed by atoms with Crippen molar-refractivity contribution < 1.29 is 100 Å². The molecular formula is C72H99BrN6O21. The largest absolute Gasteiger partial charge is 0.493 e. The van der Waals surface area contributed by atoms with Crippen LogP contribution in [-0.2, 0) is 74.8 Å². The van der Waals surface area contributed by atoms with Crippen LogP contribution in [0.4, 0.5) is 16.2 Å². The lowest BCUT2D eigenvalue weighted by atomic mass is 9.88. The van der Waals surface area contributed by atoms with Crippen molar-refractivity contribution in [2.75, 3.05) is 150 Å². The van der Waals surface area contributed by atoms with Gasteiger partial charge in [-0.3, -0.25) is 33.8 Å². The first kappa shape index (κ1) is 79.9. The molecule has 27 nitrogen and oxygen atoms in total. The number of hydrogen-bond donors (Lipinski definition) is 3. The third kappa shape index (κ3) is 25.0. The quantitative estimate of drug-likeness (QED) is 0.0361. The molecular weight excluding hydrogens is 1360 g/mol. The molecule has 28 heteroatoms. The molecule has 3 N–H and O–H groups in total. The van der Waals surface area contributed by atoms with Gasteiger partial charge >= 0.3 is 6.09 Å². The number of methoxy groups -OCH3 is 2. The number of hydrogen-bond acceptors (Lipinski definition) is 22. The minimum Gasteiger partial charge on any atom is -0.493 e. The molecule has 0 radical (unpaired) electrons. The smallest absolute Gasteiger partial charge is 0.416 e. The maximum absolute atomic E-state index is 14.3. The van der Waals surface area contributed by atoms with Gasteiger partial charge in [-0.05, 0) is 82.1 Å². The van der Waals surface area contributed by atoms with Crippen molar-refractivity contribution >= 4 is 74.8 Å². The van der Waals surface area contributed by atoms with E-state index in [-0.39, 0.29) is 109 Å². The molecule has 5 atom stereocenters. The van der Waals surface area contributed by atoms with E-state index in [0.717, 1.165) is 22.5 Å². The maximum Gasteiger partial charge on any atom is 0.416 e. The fraction of sp³-hybridized carbons (Fsp3) is 0.583. The third-order valence-electron chi connectivity index (χ3n) is 16.8. The number of unbranched alkanes of at least 4 members (excludes halogenated alkanes) is 2. The second kappa shape index (κ2) is 42.8. The molecule has 0 aliphatic carbocycles. The Morgan fingerprint density at radius 3 is 1.69 bits per heavy atom. The number of nitrogens with one attached hydrogen (secondary N) is 2. The van der Waals surface area contributed by atoms with Gasteiger partial charge in [-0.25, -0.2) is 9.69 Å². The highest BCUT2D eigenvalue weighted by atomic mass is 79.9. The molecule has 3 aromatic rings. The summed E-state index contributed by atoms with van der Waals surface area (Å²) in [4.78, 5) is 102.